The van der Waals surface area contributed by atoms with E-state index < -0.39 is 0 Å². The summed E-state index contributed by atoms with van der Waals surface area (Å²) in [4.78, 5) is 15.6. The van der Waals surface area contributed by atoms with Gasteiger partial charge in [-0.3, -0.25) is 9.69 Å². The van der Waals surface area contributed by atoms with Crippen molar-refractivity contribution in [1.29, 1.82) is 0 Å². The lowest BCUT2D eigenvalue weighted by Gasteiger charge is -2.67. The van der Waals surface area contributed by atoms with Gasteiger partial charge in [0.2, 0.25) is 0 Å². The van der Waals surface area contributed by atoms with Crippen molar-refractivity contribution >= 4 is 11.7 Å². The molecule has 6 aliphatic rings. The molecule has 4 fully saturated rings. The van der Waals surface area contributed by atoms with Crippen LogP contribution in [0, 0.1) is 11.3 Å². The zero-order valence-electron chi connectivity index (χ0n) is 14.6. The van der Waals surface area contributed by atoms with Gasteiger partial charge in [-0.2, -0.15) is 0 Å². The molecule has 25 heavy (non-hydrogen) atoms. The number of fused-ring (bicyclic) bond motifs is 3. The normalized spacial score (nSPS) is 45.5. The van der Waals surface area contributed by atoms with Crippen LogP contribution in [0.15, 0.2) is 36.4 Å². The summed E-state index contributed by atoms with van der Waals surface area (Å²) in [6.45, 7) is 2.18. The van der Waals surface area contributed by atoms with Crippen LogP contribution in [-0.2, 0) is 14.9 Å². The number of hydrogen-bond acceptors (Lipinski definition) is 4. The van der Waals surface area contributed by atoms with Crippen molar-refractivity contribution < 1.29 is 9.53 Å². The zero-order chi connectivity index (χ0) is 16.9. The average molecular weight is 336 g/mol. The molecule has 3 saturated carbocycles. The van der Waals surface area contributed by atoms with E-state index >= 15 is 0 Å². The fourth-order valence-electron chi connectivity index (χ4n) is 7.56. The average Bonchev–Trinajstić information content (AvgIpc) is 3.19. The molecule has 3 aliphatic carbocycles. The smallest absolute Gasteiger partial charge is 0.311 e. The van der Waals surface area contributed by atoms with Gasteiger partial charge < -0.3 is 10.1 Å². The molecule has 0 aromatic heterocycles. The SMILES string of the molecule is COC(=O)[C@@H]1C[C@@]23C=CCN4CC[C@@]5(c6ccccc6N[C@]15CC2)[C@@H]43. The number of hydrogen-bond donors (Lipinski definition) is 1. The van der Waals surface area contributed by atoms with Crippen LogP contribution in [0.1, 0.15) is 31.2 Å². The molecular weight excluding hydrogens is 312 g/mol. The van der Waals surface area contributed by atoms with Gasteiger partial charge in [-0.25, -0.2) is 0 Å². The Labute approximate surface area is 148 Å². The van der Waals surface area contributed by atoms with Crippen molar-refractivity contribution in [3.05, 3.63) is 42.0 Å². The Kier molecular flexibility index (Phi) is 2.47. The van der Waals surface area contributed by atoms with Gasteiger partial charge in [0.15, 0.2) is 0 Å². The Hall–Kier alpha value is -1.81. The molecule has 4 heteroatoms. The van der Waals surface area contributed by atoms with Crippen molar-refractivity contribution in [1.82, 2.24) is 4.90 Å². The quantitative estimate of drug-likeness (QED) is 0.632. The summed E-state index contributed by atoms with van der Waals surface area (Å²) in [6, 6.07) is 9.29. The Morgan fingerprint density at radius 1 is 1.28 bits per heavy atom. The number of para-hydroxylation sites is 1. The molecular formula is C21H24N2O2. The second kappa shape index (κ2) is 4.29. The third-order valence-corrected chi connectivity index (χ3v) is 8.17. The first kappa shape index (κ1) is 14.4. The number of methoxy groups -OCH3 is 1. The Morgan fingerprint density at radius 3 is 3.04 bits per heavy atom. The van der Waals surface area contributed by atoms with E-state index in [1.54, 1.807) is 7.11 Å². The molecule has 1 saturated heterocycles. The molecule has 130 valence electrons. The van der Waals surface area contributed by atoms with Gasteiger partial charge in [0, 0.05) is 29.1 Å². The van der Waals surface area contributed by atoms with Crippen LogP contribution >= 0.6 is 0 Å². The third kappa shape index (κ3) is 1.34. The van der Waals surface area contributed by atoms with Crippen LogP contribution < -0.4 is 5.32 Å². The number of nitrogens with one attached hydrogen (secondary N) is 1. The second-order valence-electron chi connectivity index (χ2n) is 8.68. The Morgan fingerprint density at radius 2 is 2.16 bits per heavy atom. The number of rotatable bonds is 1. The third-order valence-electron chi connectivity index (χ3n) is 8.17. The largest absolute Gasteiger partial charge is 0.469 e. The molecule has 3 aliphatic heterocycles. The van der Waals surface area contributed by atoms with Crippen molar-refractivity contribution in [3.8, 4) is 0 Å². The van der Waals surface area contributed by atoms with Crippen LogP contribution in [0.25, 0.3) is 0 Å². The Bertz CT molecular complexity index is 820. The van der Waals surface area contributed by atoms with E-state index in [1.165, 1.54) is 17.7 Å². The maximum atomic E-state index is 12.9. The molecule has 1 aromatic carbocycles. The van der Waals surface area contributed by atoms with Crippen LogP contribution in [0.5, 0.6) is 0 Å². The molecule has 0 amide bonds. The summed E-state index contributed by atoms with van der Waals surface area (Å²) in [7, 11) is 1.54. The van der Waals surface area contributed by atoms with Crippen molar-refractivity contribution in [2.24, 2.45) is 11.3 Å². The lowest BCUT2D eigenvalue weighted by atomic mass is 9.40. The molecule has 4 nitrogen and oxygen atoms in total. The van der Waals surface area contributed by atoms with E-state index in [4.69, 9.17) is 4.74 Å². The predicted molar refractivity (Wildman–Crippen MR) is 95.4 cm³/mol. The summed E-state index contributed by atoms with van der Waals surface area (Å²) in [6.07, 6.45) is 9.08. The first-order valence-electron chi connectivity index (χ1n) is 9.54. The molecule has 1 aromatic rings. The number of esters is 1. The van der Waals surface area contributed by atoms with Crippen molar-refractivity contribution in [2.75, 3.05) is 25.5 Å². The van der Waals surface area contributed by atoms with Gasteiger partial charge >= 0.3 is 5.97 Å². The van der Waals surface area contributed by atoms with Crippen LogP contribution in [0.2, 0.25) is 0 Å². The predicted octanol–water partition coefficient (Wildman–Crippen LogP) is 2.71. The lowest BCUT2D eigenvalue weighted by Crippen LogP contribution is -2.76. The zero-order valence-corrected chi connectivity index (χ0v) is 14.6. The highest BCUT2D eigenvalue weighted by Crippen LogP contribution is 2.73. The van der Waals surface area contributed by atoms with Crippen LogP contribution in [0.4, 0.5) is 5.69 Å². The van der Waals surface area contributed by atoms with Gasteiger partial charge in [-0.1, -0.05) is 30.4 Å². The summed E-state index contributed by atoms with van der Waals surface area (Å²) in [5.74, 6) is -0.104. The summed E-state index contributed by atoms with van der Waals surface area (Å²) < 4.78 is 5.31. The number of benzene rings is 1. The summed E-state index contributed by atoms with van der Waals surface area (Å²) >= 11 is 0. The maximum absolute atomic E-state index is 12.9. The topological polar surface area (TPSA) is 41.6 Å². The molecule has 0 unspecified atom stereocenters. The van der Waals surface area contributed by atoms with E-state index in [2.05, 4.69) is 46.6 Å². The van der Waals surface area contributed by atoms with Gasteiger partial charge in [0.1, 0.15) is 0 Å². The minimum Gasteiger partial charge on any atom is -0.469 e. The highest BCUT2D eigenvalue weighted by Gasteiger charge is 2.78. The van der Waals surface area contributed by atoms with Gasteiger partial charge in [0.25, 0.3) is 0 Å². The molecule has 5 atom stereocenters. The fraction of sp³-hybridized carbons (Fsp3) is 0.571. The summed E-state index contributed by atoms with van der Waals surface area (Å²) in [5.41, 5.74) is 2.65. The number of nitrogens with zero attached hydrogens (tertiary/aromatic N) is 1. The minimum absolute atomic E-state index is 0.0315. The van der Waals surface area contributed by atoms with E-state index in [1.807, 2.05) is 0 Å². The number of carbonyl (C=O) groups excluding carboxylic acids is 1. The summed E-state index contributed by atoms with van der Waals surface area (Å²) in [5, 5.41) is 3.90. The van der Waals surface area contributed by atoms with Gasteiger partial charge in [-0.15, -0.1) is 0 Å². The standard InChI is InChI=1S/C21H24N2O2/c1-25-17(24)15-13-19-7-4-11-23-12-10-20(18(19)23)14-5-2-3-6-16(14)22-21(15,20)9-8-19/h2-7,15,18,22H,8-13H2,1H3/t15-,18-,19+,20+,21+/m0/s1. The van der Waals surface area contributed by atoms with Gasteiger partial charge in [0.05, 0.1) is 18.6 Å². The number of carbonyl (C=O) groups is 1. The fourth-order valence-corrected chi connectivity index (χ4v) is 7.56. The lowest BCUT2D eigenvalue weighted by molar-refractivity contribution is -0.162. The van der Waals surface area contributed by atoms with E-state index in [0.29, 0.717) is 6.04 Å². The van der Waals surface area contributed by atoms with Crippen LogP contribution in [-0.4, -0.2) is 42.6 Å². The molecule has 7 rings (SSSR count). The highest BCUT2D eigenvalue weighted by atomic mass is 16.5. The van der Waals surface area contributed by atoms with Crippen molar-refractivity contribution in [2.45, 2.75) is 42.7 Å². The van der Waals surface area contributed by atoms with E-state index in [9.17, 15) is 4.79 Å². The van der Waals surface area contributed by atoms with E-state index in [-0.39, 0.29) is 28.3 Å². The van der Waals surface area contributed by atoms with Crippen molar-refractivity contribution in [3.63, 3.8) is 0 Å². The van der Waals surface area contributed by atoms with E-state index in [0.717, 1.165) is 32.4 Å². The molecule has 0 radical (unpaired) electrons. The second-order valence-corrected chi connectivity index (χ2v) is 8.68. The van der Waals surface area contributed by atoms with Gasteiger partial charge in [-0.05, 0) is 43.9 Å². The number of anilines is 1. The molecule has 3 heterocycles. The minimum atomic E-state index is -0.184. The monoisotopic (exact) mass is 336 g/mol. The first-order chi connectivity index (χ1) is 12.2. The molecule has 2 bridgehead atoms. The number of ether oxygens (including phenoxy) is 1. The Balaban J connectivity index is 1.67. The molecule has 3 spiro atoms. The first-order valence-corrected chi connectivity index (χ1v) is 9.54. The maximum Gasteiger partial charge on any atom is 0.311 e. The highest BCUT2D eigenvalue weighted by molar-refractivity contribution is 5.81. The molecule has 1 N–H and O–H groups in total. The van der Waals surface area contributed by atoms with Crippen LogP contribution in [0.3, 0.4) is 0 Å².